The van der Waals surface area contributed by atoms with Crippen LogP contribution in [0.5, 0.6) is 11.5 Å². The van der Waals surface area contributed by atoms with E-state index in [4.69, 9.17) is 19.7 Å². The lowest BCUT2D eigenvalue weighted by Gasteiger charge is -2.24. The lowest BCUT2D eigenvalue weighted by Crippen LogP contribution is -2.35. The normalized spacial score (nSPS) is 15.1. The van der Waals surface area contributed by atoms with Gasteiger partial charge < -0.3 is 36.1 Å². The van der Waals surface area contributed by atoms with Gasteiger partial charge in [-0.1, -0.05) is 64.1 Å². The molecule has 0 unspecified atom stereocenters. The quantitative estimate of drug-likeness (QED) is 0.0731. The van der Waals surface area contributed by atoms with Crippen molar-refractivity contribution in [3.63, 3.8) is 0 Å². The number of fused-ring (bicyclic) bond motifs is 2. The van der Waals surface area contributed by atoms with E-state index in [1.165, 1.54) is 12.8 Å². The second-order valence-electron chi connectivity index (χ2n) is 15.6. The Kier molecular flexibility index (Phi) is 13.9. The molecule has 2 aliphatic rings. The molecule has 0 aliphatic carbocycles. The number of hydrogen-bond donors (Lipinski definition) is 5. The molecule has 8 rings (SSSR count). The maximum absolute atomic E-state index is 5.50. The van der Waals surface area contributed by atoms with Gasteiger partial charge in [0, 0.05) is 41.6 Å². The fraction of sp³-hybridized carbons (Fsp3) is 0.455. The second kappa shape index (κ2) is 19.6. The van der Waals surface area contributed by atoms with Crippen LogP contribution in [-0.2, 0) is 13.1 Å². The Balaban J connectivity index is 0.000000177. The molecular weight excluding hydrogens is 747 g/mol. The second-order valence-corrected chi connectivity index (χ2v) is 16.9. The van der Waals surface area contributed by atoms with Crippen LogP contribution in [0.3, 0.4) is 0 Å². The van der Waals surface area contributed by atoms with E-state index >= 15 is 0 Å². The Bertz CT molecular complexity index is 2080. The zero-order valence-electron chi connectivity index (χ0n) is 34.7. The highest BCUT2D eigenvalue weighted by atomic mass is 32.2. The van der Waals surface area contributed by atoms with E-state index in [1.807, 2.05) is 69.6 Å². The van der Waals surface area contributed by atoms with Crippen molar-refractivity contribution in [2.75, 3.05) is 56.3 Å². The van der Waals surface area contributed by atoms with E-state index in [1.54, 1.807) is 14.2 Å². The number of imidazole rings is 2. The number of nitrogens with zero attached hydrogens (tertiary/aromatic N) is 6. The molecular formula is C44H59N11O2S. The summed E-state index contributed by atoms with van der Waals surface area (Å²) in [5.74, 6) is 3.35. The molecule has 0 saturated carbocycles. The van der Waals surface area contributed by atoms with Crippen molar-refractivity contribution < 1.29 is 9.47 Å². The molecule has 13 nitrogen and oxygen atoms in total. The van der Waals surface area contributed by atoms with Crippen molar-refractivity contribution in [1.29, 1.82) is 0 Å². The van der Waals surface area contributed by atoms with Gasteiger partial charge >= 0.3 is 0 Å². The van der Waals surface area contributed by atoms with Crippen molar-refractivity contribution in [3.05, 3.63) is 95.6 Å². The molecule has 0 radical (unpaired) electrons. The van der Waals surface area contributed by atoms with Crippen LogP contribution >= 0.6 is 11.8 Å². The lowest BCUT2D eigenvalue weighted by molar-refractivity contribution is 0.410. The molecule has 14 heteroatoms. The van der Waals surface area contributed by atoms with E-state index in [2.05, 4.69) is 88.5 Å². The molecule has 6 aromatic rings. The number of methoxy groups -OCH3 is 2. The number of aromatic nitrogens is 6. The number of nitrogens with one attached hydrogen (secondary N) is 5. The number of benzene rings is 2. The van der Waals surface area contributed by atoms with Gasteiger partial charge in [0.15, 0.2) is 11.3 Å². The summed E-state index contributed by atoms with van der Waals surface area (Å²) in [6.07, 6.45) is 8.43. The summed E-state index contributed by atoms with van der Waals surface area (Å²) in [6.45, 7) is 14.3. The van der Waals surface area contributed by atoms with Gasteiger partial charge in [-0.25, -0.2) is 19.0 Å². The first kappa shape index (κ1) is 41.1. The van der Waals surface area contributed by atoms with Crippen LogP contribution in [-0.4, -0.2) is 80.9 Å². The zero-order chi connectivity index (χ0) is 40.4. The van der Waals surface area contributed by atoms with E-state index in [0.29, 0.717) is 36.2 Å². The average Bonchev–Trinajstić information content (AvgIpc) is 3.89. The van der Waals surface area contributed by atoms with Crippen molar-refractivity contribution >= 4 is 40.2 Å². The molecule has 0 atom stereocenters. The molecule has 2 saturated heterocycles. The van der Waals surface area contributed by atoms with Crippen LogP contribution in [0.2, 0.25) is 0 Å². The van der Waals surface area contributed by atoms with Gasteiger partial charge in [-0.05, 0) is 81.9 Å². The summed E-state index contributed by atoms with van der Waals surface area (Å²) in [6, 6.07) is 20.8. The summed E-state index contributed by atoms with van der Waals surface area (Å²) < 4.78 is 15.0. The minimum Gasteiger partial charge on any atom is -0.496 e. The van der Waals surface area contributed by atoms with Gasteiger partial charge in [0.25, 0.3) is 0 Å². The Labute approximate surface area is 346 Å². The number of thioether (sulfide) groups is 1. The van der Waals surface area contributed by atoms with Gasteiger partial charge in [-0.2, -0.15) is 5.10 Å². The highest BCUT2D eigenvalue weighted by Crippen LogP contribution is 2.32. The molecule has 2 aromatic carbocycles. The molecule has 2 fully saturated rings. The Morgan fingerprint density at radius 1 is 0.690 bits per heavy atom. The number of piperidine rings is 2. The first-order valence-corrected chi connectivity index (χ1v) is 21.5. The van der Waals surface area contributed by atoms with E-state index in [-0.39, 0.29) is 0 Å². The molecule has 5 N–H and O–H groups in total. The smallest absolute Gasteiger partial charge is 0.177 e. The molecule has 0 spiro atoms. The number of para-hydroxylation sites is 2. The molecule has 0 amide bonds. The number of anilines is 3. The first-order chi connectivity index (χ1) is 28.3. The van der Waals surface area contributed by atoms with Crippen LogP contribution in [0.25, 0.3) is 11.3 Å². The third-order valence-electron chi connectivity index (χ3n) is 10.7. The fourth-order valence-corrected chi connectivity index (χ4v) is 8.59. The summed E-state index contributed by atoms with van der Waals surface area (Å²) in [5.41, 5.74) is 8.16. The van der Waals surface area contributed by atoms with E-state index in [9.17, 15) is 0 Å². The number of hydrogen-bond acceptors (Lipinski definition) is 12. The summed E-state index contributed by atoms with van der Waals surface area (Å²) in [4.78, 5) is 9.32. The van der Waals surface area contributed by atoms with Gasteiger partial charge in [0.05, 0.1) is 49.4 Å². The molecule has 58 heavy (non-hydrogen) atoms. The van der Waals surface area contributed by atoms with Crippen molar-refractivity contribution in [2.45, 2.75) is 94.6 Å². The largest absolute Gasteiger partial charge is 0.496 e. The molecule has 6 heterocycles. The lowest BCUT2D eigenvalue weighted by atomic mass is 10.1. The minimum absolute atomic E-state index is 0.341. The van der Waals surface area contributed by atoms with Crippen LogP contribution in [0, 0.1) is 0 Å². The molecule has 308 valence electrons. The highest BCUT2D eigenvalue weighted by molar-refractivity contribution is 7.99. The number of rotatable bonds is 14. The van der Waals surface area contributed by atoms with Crippen molar-refractivity contribution in [2.24, 2.45) is 0 Å². The molecule has 2 aliphatic heterocycles. The zero-order valence-corrected chi connectivity index (χ0v) is 35.5. The average molecular weight is 806 g/mol. The van der Waals surface area contributed by atoms with Gasteiger partial charge in [-0.3, -0.25) is 0 Å². The maximum atomic E-state index is 5.50. The predicted molar refractivity (Wildman–Crippen MR) is 236 cm³/mol. The van der Waals surface area contributed by atoms with Crippen LogP contribution in [0.1, 0.15) is 87.7 Å². The highest BCUT2D eigenvalue weighted by Gasteiger charge is 2.20. The minimum atomic E-state index is 0.341. The SMILES string of the molecule is COc1ccccc1CNc1cc(NC2CCNCC2)nn2c(C(C)C)cnc12.COc1ccccc1CNc1cc(SC2CCNCC2)nn2c(C(C)C)cnc12. The maximum Gasteiger partial charge on any atom is 0.177 e. The first-order valence-electron chi connectivity index (χ1n) is 20.6. The summed E-state index contributed by atoms with van der Waals surface area (Å²) in [5, 5.41) is 29.1. The Morgan fingerprint density at radius 2 is 1.19 bits per heavy atom. The molecule has 4 aromatic heterocycles. The Hall–Kier alpha value is -5.05. The van der Waals surface area contributed by atoms with Crippen molar-refractivity contribution in [1.82, 2.24) is 39.8 Å². The standard InChI is InChI=1S/C22H30N6O.C22H29N5OS/c1-15(2)19-14-25-22-18(24-13-16-6-4-5-7-20(16)29-3)12-21(27-28(19)22)26-17-8-10-23-11-9-17;1-15(2)19-14-25-22-18(24-13-16-6-4-5-7-20(16)28-3)12-21(26-27(19)22)29-17-8-10-23-11-9-17/h4-7,12,14-15,17,23-24H,8-11,13H2,1-3H3,(H,26,27);4-7,12,14-15,17,23-24H,8-11,13H2,1-3H3. The van der Waals surface area contributed by atoms with Crippen molar-refractivity contribution in [3.8, 4) is 11.5 Å². The third-order valence-corrected chi connectivity index (χ3v) is 12.0. The number of ether oxygens (including phenoxy) is 2. The van der Waals surface area contributed by atoms with Gasteiger partial charge in [0.2, 0.25) is 0 Å². The molecule has 0 bridgehead atoms. The Morgan fingerprint density at radius 3 is 1.72 bits per heavy atom. The third kappa shape index (κ3) is 9.96. The summed E-state index contributed by atoms with van der Waals surface area (Å²) >= 11 is 1.88. The van der Waals surface area contributed by atoms with E-state index < -0.39 is 0 Å². The van der Waals surface area contributed by atoms with E-state index in [0.717, 1.165) is 107 Å². The van der Waals surface area contributed by atoms with Crippen LogP contribution in [0.15, 0.2) is 78.1 Å². The fourth-order valence-electron chi connectivity index (χ4n) is 7.46. The summed E-state index contributed by atoms with van der Waals surface area (Å²) in [7, 11) is 3.41. The van der Waals surface area contributed by atoms with Gasteiger partial charge in [0.1, 0.15) is 22.3 Å². The topological polar surface area (TPSA) is 139 Å². The predicted octanol–water partition coefficient (Wildman–Crippen LogP) is 7.95. The monoisotopic (exact) mass is 805 g/mol. The van der Waals surface area contributed by atoms with Gasteiger partial charge in [-0.15, -0.1) is 16.9 Å². The van der Waals surface area contributed by atoms with Crippen LogP contribution < -0.4 is 36.1 Å². The van der Waals surface area contributed by atoms with Crippen LogP contribution in [0.4, 0.5) is 17.2 Å².